The molecule has 3 rings (SSSR count). The number of aromatic nitrogens is 3. The van der Waals surface area contributed by atoms with Gasteiger partial charge in [0.1, 0.15) is 11.9 Å². The maximum Gasteiger partial charge on any atom is 0.184 e. The summed E-state index contributed by atoms with van der Waals surface area (Å²) in [7, 11) is 1.68. The first-order valence-corrected chi connectivity index (χ1v) is 6.96. The van der Waals surface area contributed by atoms with E-state index in [9.17, 15) is 0 Å². The van der Waals surface area contributed by atoms with Crippen molar-refractivity contribution in [2.24, 2.45) is 0 Å². The van der Waals surface area contributed by atoms with E-state index in [2.05, 4.69) is 15.2 Å². The van der Waals surface area contributed by atoms with E-state index < -0.39 is 0 Å². The summed E-state index contributed by atoms with van der Waals surface area (Å²) < 4.78 is 10.9. The van der Waals surface area contributed by atoms with Gasteiger partial charge in [-0.3, -0.25) is 5.10 Å². The maximum absolute atomic E-state index is 5.55. The van der Waals surface area contributed by atoms with Crippen molar-refractivity contribution in [1.29, 1.82) is 0 Å². The minimum atomic E-state index is -0.221. The fraction of sp³-hybridized carbons (Fsp3) is 0.467. The zero-order chi connectivity index (χ0) is 13.8. The van der Waals surface area contributed by atoms with Gasteiger partial charge in [0, 0.05) is 26.2 Å². The highest BCUT2D eigenvalue weighted by atomic mass is 16.5. The summed E-state index contributed by atoms with van der Waals surface area (Å²) >= 11 is 0. The molecule has 0 saturated carbocycles. The van der Waals surface area contributed by atoms with Crippen molar-refractivity contribution in [1.82, 2.24) is 15.2 Å². The van der Waals surface area contributed by atoms with Gasteiger partial charge >= 0.3 is 0 Å². The number of rotatable bonds is 4. The molecule has 1 aliphatic heterocycles. The fourth-order valence-corrected chi connectivity index (χ4v) is 2.58. The molecule has 2 aromatic rings. The van der Waals surface area contributed by atoms with Crippen LogP contribution < -0.4 is 0 Å². The monoisotopic (exact) mass is 273 g/mol. The molecule has 0 amide bonds. The maximum atomic E-state index is 5.55. The Balaban J connectivity index is 1.81. The average Bonchev–Trinajstić information content (AvgIpc) is 3.00. The van der Waals surface area contributed by atoms with Crippen LogP contribution in [0.2, 0.25) is 0 Å². The summed E-state index contributed by atoms with van der Waals surface area (Å²) in [5.41, 5.74) is 1.06. The third-order valence-corrected chi connectivity index (χ3v) is 3.70. The van der Waals surface area contributed by atoms with Crippen LogP contribution >= 0.6 is 0 Å². The average molecular weight is 273 g/mol. The third kappa shape index (κ3) is 2.73. The van der Waals surface area contributed by atoms with Gasteiger partial charge in [0.05, 0.1) is 0 Å². The lowest BCUT2D eigenvalue weighted by molar-refractivity contribution is 0.0835. The number of hydrogen-bond acceptors (Lipinski definition) is 4. The number of ether oxygens (including phenoxy) is 2. The van der Waals surface area contributed by atoms with Gasteiger partial charge in [0.15, 0.2) is 5.82 Å². The minimum absolute atomic E-state index is 0.221. The standard InChI is InChI=1S/C15H19N3O2/c1-19-13(11-5-3-2-4-6-11)15-16-14(17-18-15)12-7-9-20-10-8-12/h2-6,12-13H,7-10H2,1H3,(H,16,17,18). The molecule has 5 heteroatoms. The molecule has 0 bridgehead atoms. The second-order valence-corrected chi connectivity index (χ2v) is 4.99. The van der Waals surface area contributed by atoms with Crippen LogP contribution in [-0.2, 0) is 9.47 Å². The first-order valence-electron chi connectivity index (χ1n) is 6.96. The molecule has 1 fully saturated rings. The zero-order valence-corrected chi connectivity index (χ0v) is 11.6. The van der Waals surface area contributed by atoms with E-state index in [1.165, 1.54) is 0 Å². The van der Waals surface area contributed by atoms with Gasteiger partial charge in [0.25, 0.3) is 0 Å². The summed E-state index contributed by atoms with van der Waals surface area (Å²) in [6.07, 6.45) is 1.77. The molecular formula is C15H19N3O2. The number of benzene rings is 1. The van der Waals surface area contributed by atoms with E-state index in [-0.39, 0.29) is 6.10 Å². The Bertz CT molecular complexity index is 535. The Morgan fingerprint density at radius 3 is 2.70 bits per heavy atom. The van der Waals surface area contributed by atoms with E-state index >= 15 is 0 Å². The summed E-state index contributed by atoms with van der Waals surface area (Å²) in [5.74, 6) is 2.06. The molecule has 5 nitrogen and oxygen atoms in total. The second kappa shape index (κ2) is 6.15. The lowest BCUT2D eigenvalue weighted by Gasteiger charge is -2.19. The molecule has 1 aliphatic rings. The Hall–Kier alpha value is -1.72. The molecule has 2 heterocycles. The predicted octanol–water partition coefficient (Wildman–Crippen LogP) is 2.43. The highest BCUT2D eigenvalue weighted by Gasteiger charge is 2.23. The van der Waals surface area contributed by atoms with Gasteiger partial charge in [0.2, 0.25) is 0 Å². The number of nitrogens with zero attached hydrogens (tertiary/aromatic N) is 2. The van der Waals surface area contributed by atoms with E-state index in [1.54, 1.807) is 7.11 Å². The SMILES string of the molecule is COC(c1ccccc1)c1n[nH]c(C2CCOCC2)n1. The molecular weight excluding hydrogens is 254 g/mol. The first-order chi connectivity index (χ1) is 9.88. The van der Waals surface area contributed by atoms with Crippen LogP contribution in [0, 0.1) is 0 Å². The van der Waals surface area contributed by atoms with Crippen molar-refractivity contribution >= 4 is 0 Å². The molecule has 1 atom stereocenters. The predicted molar refractivity (Wildman–Crippen MR) is 74.5 cm³/mol. The van der Waals surface area contributed by atoms with Crippen LogP contribution in [0.15, 0.2) is 30.3 Å². The Morgan fingerprint density at radius 1 is 1.25 bits per heavy atom. The van der Waals surface area contributed by atoms with E-state index in [0.29, 0.717) is 11.7 Å². The van der Waals surface area contributed by atoms with Crippen molar-refractivity contribution in [3.63, 3.8) is 0 Å². The quantitative estimate of drug-likeness (QED) is 0.929. The van der Waals surface area contributed by atoms with E-state index in [4.69, 9.17) is 9.47 Å². The smallest absolute Gasteiger partial charge is 0.184 e. The number of H-pyrrole nitrogens is 1. The zero-order valence-electron chi connectivity index (χ0n) is 11.6. The molecule has 0 spiro atoms. The Morgan fingerprint density at radius 2 is 2.00 bits per heavy atom. The molecule has 1 aromatic carbocycles. The van der Waals surface area contributed by atoms with Crippen LogP contribution in [-0.4, -0.2) is 35.5 Å². The Labute approximate surface area is 118 Å². The molecule has 1 saturated heterocycles. The van der Waals surface area contributed by atoms with Gasteiger partial charge in [-0.05, 0) is 18.4 Å². The number of methoxy groups -OCH3 is 1. The van der Waals surface area contributed by atoms with Gasteiger partial charge in [-0.15, -0.1) is 0 Å². The molecule has 20 heavy (non-hydrogen) atoms. The fourth-order valence-electron chi connectivity index (χ4n) is 2.58. The summed E-state index contributed by atoms with van der Waals surface area (Å²) in [6.45, 7) is 1.60. The molecule has 1 unspecified atom stereocenters. The minimum Gasteiger partial charge on any atom is -0.381 e. The van der Waals surface area contributed by atoms with Crippen molar-refractivity contribution in [3.05, 3.63) is 47.5 Å². The lowest BCUT2D eigenvalue weighted by Crippen LogP contribution is -2.15. The number of aromatic amines is 1. The highest BCUT2D eigenvalue weighted by molar-refractivity contribution is 5.23. The highest BCUT2D eigenvalue weighted by Crippen LogP contribution is 2.27. The molecule has 1 N–H and O–H groups in total. The lowest BCUT2D eigenvalue weighted by atomic mass is 10.00. The van der Waals surface area contributed by atoms with E-state index in [0.717, 1.165) is 37.4 Å². The van der Waals surface area contributed by atoms with Crippen molar-refractivity contribution < 1.29 is 9.47 Å². The van der Waals surface area contributed by atoms with Crippen LogP contribution in [0.5, 0.6) is 0 Å². The van der Waals surface area contributed by atoms with Gasteiger partial charge < -0.3 is 9.47 Å². The van der Waals surface area contributed by atoms with Crippen LogP contribution in [0.1, 0.15) is 42.1 Å². The van der Waals surface area contributed by atoms with Gasteiger partial charge in [-0.25, -0.2) is 4.98 Å². The Kier molecular flexibility index (Phi) is 4.08. The molecule has 0 aliphatic carbocycles. The summed E-state index contributed by atoms with van der Waals surface area (Å²) in [5, 5.41) is 7.40. The van der Waals surface area contributed by atoms with Crippen LogP contribution in [0.4, 0.5) is 0 Å². The van der Waals surface area contributed by atoms with Crippen molar-refractivity contribution in [2.45, 2.75) is 24.9 Å². The van der Waals surface area contributed by atoms with Crippen LogP contribution in [0.25, 0.3) is 0 Å². The number of hydrogen-bond donors (Lipinski definition) is 1. The summed E-state index contributed by atoms with van der Waals surface area (Å²) in [4.78, 5) is 4.63. The normalized spacial score (nSPS) is 18.1. The summed E-state index contributed by atoms with van der Waals surface area (Å²) in [6, 6.07) is 10.0. The number of nitrogens with one attached hydrogen (secondary N) is 1. The molecule has 1 aromatic heterocycles. The van der Waals surface area contributed by atoms with Crippen molar-refractivity contribution in [3.8, 4) is 0 Å². The molecule has 0 radical (unpaired) electrons. The van der Waals surface area contributed by atoms with Crippen molar-refractivity contribution in [2.75, 3.05) is 20.3 Å². The van der Waals surface area contributed by atoms with Gasteiger partial charge in [-0.2, -0.15) is 5.10 Å². The topological polar surface area (TPSA) is 60.0 Å². The second-order valence-electron chi connectivity index (χ2n) is 4.99. The van der Waals surface area contributed by atoms with Gasteiger partial charge in [-0.1, -0.05) is 30.3 Å². The third-order valence-electron chi connectivity index (χ3n) is 3.70. The molecule has 106 valence electrons. The first kappa shape index (κ1) is 13.3. The van der Waals surface area contributed by atoms with E-state index in [1.807, 2.05) is 30.3 Å². The largest absolute Gasteiger partial charge is 0.381 e. The van der Waals surface area contributed by atoms with Crippen LogP contribution in [0.3, 0.4) is 0 Å².